The number of H-pyrrole nitrogens is 1. The molecular formula is C14H19BrClN5O. The fraction of sp³-hybridized carbons (Fsp3) is 0.357. The van der Waals surface area contributed by atoms with E-state index in [-0.39, 0.29) is 24.4 Å². The zero-order chi connectivity index (χ0) is 15.2. The topological polar surface area (TPSA) is 96.7 Å². The zero-order valence-corrected chi connectivity index (χ0v) is 14.6. The number of carbonyl (C=O) groups is 1. The summed E-state index contributed by atoms with van der Waals surface area (Å²) in [7, 11) is 0. The number of aromatic amines is 1. The van der Waals surface area contributed by atoms with Crippen LogP contribution >= 0.6 is 28.3 Å². The maximum atomic E-state index is 11.6. The number of carbonyl (C=O) groups excluding carboxylic acids is 1. The molecule has 0 spiro atoms. The standard InChI is InChI=1S/C14H18BrN5O.ClH/c1-9(16)2-7-13(21)17-8-12-18-14(20-19-12)10-3-5-11(15)6-4-10;/h3-6,9H,2,7-8,16H2,1H3,(H,17,21)(H,18,19,20);1H. The van der Waals surface area contributed by atoms with Gasteiger partial charge in [0.15, 0.2) is 5.82 Å². The van der Waals surface area contributed by atoms with Gasteiger partial charge in [0.1, 0.15) is 5.82 Å². The van der Waals surface area contributed by atoms with Gasteiger partial charge in [-0.05, 0) is 25.5 Å². The third-order valence-electron chi connectivity index (χ3n) is 2.91. The number of nitrogens with one attached hydrogen (secondary N) is 2. The number of aromatic nitrogens is 3. The molecular weight excluding hydrogens is 370 g/mol. The average Bonchev–Trinajstić information content (AvgIpc) is 2.92. The van der Waals surface area contributed by atoms with E-state index in [1.807, 2.05) is 31.2 Å². The molecule has 2 aromatic rings. The van der Waals surface area contributed by atoms with Gasteiger partial charge in [-0.25, -0.2) is 4.98 Å². The summed E-state index contributed by atoms with van der Waals surface area (Å²) in [5.41, 5.74) is 6.53. The lowest BCUT2D eigenvalue weighted by atomic mass is 10.2. The van der Waals surface area contributed by atoms with Crippen LogP contribution < -0.4 is 11.1 Å². The highest BCUT2D eigenvalue weighted by molar-refractivity contribution is 9.10. The summed E-state index contributed by atoms with van der Waals surface area (Å²) in [6, 6.07) is 7.75. The quantitative estimate of drug-likeness (QED) is 0.708. The molecule has 1 unspecified atom stereocenters. The molecule has 1 atom stereocenters. The third-order valence-corrected chi connectivity index (χ3v) is 3.44. The number of hydrogen-bond acceptors (Lipinski definition) is 4. The maximum absolute atomic E-state index is 11.6. The van der Waals surface area contributed by atoms with E-state index >= 15 is 0 Å². The van der Waals surface area contributed by atoms with Crippen LogP contribution in [0.1, 0.15) is 25.6 Å². The van der Waals surface area contributed by atoms with Gasteiger partial charge in [-0.1, -0.05) is 28.1 Å². The van der Waals surface area contributed by atoms with Crippen molar-refractivity contribution in [3.05, 3.63) is 34.6 Å². The van der Waals surface area contributed by atoms with Gasteiger partial charge in [0.25, 0.3) is 0 Å². The number of amides is 1. The molecule has 1 amide bonds. The Morgan fingerprint density at radius 1 is 1.41 bits per heavy atom. The highest BCUT2D eigenvalue weighted by Gasteiger charge is 2.08. The minimum absolute atomic E-state index is 0. The minimum atomic E-state index is -0.0334. The molecule has 6 nitrogen and oxygen atoms in total. The van der Waals surface area contributed by atoms with Crippen LogP contribution in [0.25, 0.3) is 11.4 Å². The Morgan fingerprint density at radius 3 is 2.73 bits per heavy atom. The Labute approximate surface area is 143 Å². The minimum Gasteiger partial charge on any atom is -0.349 e. The van der Waals surface area contributed by atoms with Crippen molar-refractivity contribution in [1.82, 2.24) is 20.5 Å². The van der Waals surface area contributed by atoms with Crippen LogP contribution in [0.2, 0.25) is 0 Å². The van der Waals surface area contributed by atoms with Crippen molar-refractivity contribution in [2.75, 3.05) is 0 Å². The Hall–Kier alpha value is -1.44. The van der Waals surface area contributed by atoms with Gasteiger partial charge in [0.05, 0.1) is 6.54 Å². The lowest BCUT2D eigenvalue weighted by Gasteiger charge is -2.05. The van der Waals surface area contributed by atoms with E-state index in [1.54, 1.807) is 0 Å². The largest absolute Gasteiger partial charge is 0.349 e. The van der Waals surface area contributed by atoms with E-state index in [2.05, 4.69) is 36.4 Å². The molecule has 0 bridgehead atoms. The highest BCUT2D eigenvalue weighted by atomic mass is 79.9. The van der Waals surface area contributed by atoms with Gasteiger partial charge in [0.2, 0.25) is 5.91 Å². The number of nitrogens with two attached hydrogens (primary N) is 1. The van der Waals surface area contributed by atoms with Crippen LogP contribution in [0.15, 0.2) is 28.7 Å². The second-order valence-electron chi connectivity index (χ2n) is 4.91. The molecule has 0 aliphatic rings. The predicted octanol–water partition coefficient (Wildman–Crippen LogP) is 2.40. The van der Waals surface area contributed by atoms with Gasteiger partial charge >= 0.3 is 0 Å². The zero-order valence-electron chi connectivity index (χ0n) is 12.2. The Morgan fingerprint density at radius 2 is 2.09 bits per heavy atom. The number of benzene rings is 1. The molecule has 4 N–H and O–H groups in total. The van der Waals surface area contributed by atoms with Crippen molar-refractivity contribution in [3.63, 3.8) is 0 Å². The molecule has 22 heavy (non-hydrogen) atoms. The molecule has 0 aliphatic heterocycles. The van der Waals surface area contributed by atoms with Crippen molar-refractivity contribution in [2.24, 2.45) is 5.73 Å². The van der Waals surface area contributed by atoms with Crippen LogP contribution in [0.4, 0.5) is 0 Å². The van der Waals surface area contributed by atoms with Crippen molar-refractivity contribution < 1.29 is 4.79 Å². The van der Waals surface area contributed by atoms with Gasteiger partial charge in [-0.2, -0.15) is 5.10 Å². The summed E-state index contributed by atoms with van der Waals surface area (Å²) >= 11 is 3.38. The molecule has 0 aliphatic carbocycles. The molecule has 8 heteroatoms. The molecule has 0 saturated heterocycles. The number of rotatable bonds is 6. The van der Waals surface area contributed by atoms with Crippen LogP contribution in [0.3, 0.4) is 0 Å². The second kappa shape index (κ2) is 8.87. The Balaban J connectivity index is 0.00000242. The van der Waals surface area contributed by atoms with Crippen molar-refractivity contribution >= 4 is 34.2 Å². The van der Waals surface area contributed by atoms with E-state index in [9.17, 15) is 4.79 Å². The lowest BCUT2D eigenvalue weighted by molar-refractivity contribution is -0.121. The fourth-order valence-electron chi connectivity index (χ4n) is 1.73. The van der Waals surface area contributed by atoms with Gasteiger partial charge in [-0.15, -0.1) is 12.4 Å². The Bertz CT molecular complexity index is 600. The third kappa shape index (κ3) is 5.75. The van der Waals surface area contributed by atoms with Gasteiger partial charge in [0, 0.05) is 22.5 Å². The molecule has 120 valence electrons. The first-order valence-electron chi connectivity index (χ1n) is 6.74. The number of nitrogens with zero attached hydrogens (tertiary/aromatic N) is 2. The van der Waals surface area contributed by atoms with Crippen molar-refractivity contribution in [3.8, 4) is 11.4 Å². The molecule has 2 rings (SSSR count). The lowest BCUT2D eigenvalue weighted by Crippen LogP contribution is -2.25. The smallest absolute Gasteiger partial charge is 0.220 e. The summed E-state index contributed by atoms with van der Waals surface area (Å²) in [6.45, 7) is 2.22. The van der Waals surface area contributed by atoms with E-state index in [0.29, 0.717) is 31.0 Å². The number of hydrogen-bond donors (Lipinski definition) is 3. The van der Waals surface area contributed by atoms with Gasteiger partial charge < -0.3 is 11.1 Å². The van der Waals surface area contributed by atoms with E-state index in [0.717, 1.165) is 10.0 Å². The predicted molar refractivity (Wildman–Crippen MR) is 91.5 cm³/mol. The monoisotopic (exact) mass is 387 g/mol. The van der Waals surface area contributed by atoms with Crippen LogP contribution in [-0.2, 0) is 11.3 Å². The normalized spacial score (nSPS) is 11.6. The summed E-state index contributed by atoms with van der Waals surface area (Å²) in [6.07, 6.45) is 1.09. The summed E-state index contributed by atoms with van der Waals surface area (Å²) in [5.74, 6) is 1.21. The molecule has 1 aromatic carbocycles. The van der Waals surface area contributed by atoms with E-state index in [4.69, 9.17) is 5.73 Å². The fourth-order valence-corrected chi connectivity index (χ4v) is 2.00. The first-order valence-corrected chi connectivity index (χ1v) is 7.53. The summed E-state index contributed by atoms with van der Waals surface area (Å²) in [5, 5.41) is 9.76. The van der Waals surface area contributed by atoms with Crippen molar-refractivity contribution in [1.29, 1.82) is 0 Å². The van der Waals surface area contributed by atoms with Crippen LogP contribution in [-0.4, -0.2) is 27.1 Å². The van der Waals surface area contributed by atoms with Gasteiger partial charge in [-0.3, -0.25) is 9.89 Å². The van der Waals surface area contributed by atoms with Crippen LogP contribution in [0.5, 0.6) is 0 Å². The molecule has 0 radical (unpaired) electrons. The molecule has 1 aromatic heterocycles. The SMILES string of the molecule is CC(N)CCC(=O)NCc1nc(-c2ccc(Br)cc2)n[nH]1.Cl. The second-order valence-corrected chi connectivity index (χ2v) is 5.82. The summed E-state index contributed by atoms with van der Waals surface area (Å²) < 4.78 is 1.00. The van der Waals surface area contributed by atoms with E-state index < -0.39 is 0 Å². The first-order chi connectivity index (χ1) is 10.0. The molecule has 0 saturated carbocycles. The molecule has 0 fully saturated rings. The number of halogens is 2. The van der Waals surface area contributed by atoms with Crippen LogP contribution in [0, 0.1) is 0 Å². The van der Waals surface area contributed by atoms with Crippen molar-refractivity contribution in [2.45, 2.75) is 32.4 Å². The first kappa shape index (κ1) is 18.6. The molecule has 1 heterocycles. The average molecular weight is 389 g/mol. The highest BCUT2D eigenvalue weighted by Crippen LogP contribution is 2.18. The Kier molecular flexibility index (Phi) is 7.50. The summed E-state index contributed by atoms with van der Waals surface area (Å²) in [4.78, 5) is 16.0. The maximum Gasteiger partial charge on any atom is 0.220 e. The van der Waals surface area contributed by atoms with E-state index in [1.165, 1.54) is 0 Å².